The van der Waals surface area contributed by atoms with E-state index in [0.29, 0.717) is 21.6 Å². The van der Waals surface area contributed by atoms with Gasteiger partial charge < -0.3 is 4.57 Å². The third kappa shape index (κ3) is 4.93. The molecule has 1 amide bonds. The van der Waals surface area contributed by atoms with Crippen LogP contribution in [0.2, 0.25) is 5.02 Å². The first kappa shape index (κ1) is 19.1. The second-order valence-electron chi connectivity index (χ2n) is 5.48. The molecule has 0 atom stereocenters. The Kier molecular flexibility index (Phi) is 6.20. The lowest BCUT2D eigenvalue weighted by Gasteiger charge is -2.04. The quantitative estimate of drug-likeness (QED) is 0.388. The molecular formula is C18H15ClFN5OS. The van der Waals surface area contributed by atoms with Crippen molar-refractivity contribution in [3.05, 3.63) is 64.9 Å². The standard InChI is InChI=1S/C18H15ClFN5OS/c1-25-17(12-6-8-14(19)9-7-12)23-24-18(25)27-11-16(26)22-21-10-13-4-2-3-5-15(13)20/h2-10H,11H2,1H3,(H,22,26)/b21-10+. The minimum absolute atomic E-state index is 0.0984. The Hall–Kier alpha value is -2.71. The molecule has 0 fully saturated rings. The maximum absolute atomic E-state index is 13.5. The van der Waals surface area contributed by atoms with E-state index in [9.17, 15) is 9.18 Å². The van der Waals surface area contributed by atoms with Gasteiger partial charge in [0, 0.05) is 23.2 Å². The molecule has 0 aliphatic heterocycles. The van der Waals surface area contributed by atoms with Crippen LogP contribution in [-0.2, 0) is 11.8 Å². The summed E-state index contributed by atoms with van der Waals surface area (Å²) in [4.78, 5) is 11.9. The average molecular weight is 404 g/mol. The summed E-state index contributed by atoms with van der Waals surface area (Å²) in [7, 11) is 1.82. The molecule has 0 radical (unpaired) electrons. The summed E-state index contributed by atoms with van der Waals surface area (Å²) in [6.07, 6.45) is 1.26. The van der Waals surface area contributed by atoms with Crippen molar-refractivity contribution in [2.45, 2.75) is 5.16 Å². The van der Waals surface area contributed by atoms with Gasteiger partial charge in [-0.25, -0.2) is 9.82 Å². The summed E-state index contributed by atoms with van der Waals surface area (Å²) in [6.45, 7) is 0. The third-order valence-corrected chi connectivity index (χ3v) is 4.84. The molecule has 0 bridgehead atoms. The van der Waals surface area contributed by atoms with Crippen molar-refractivity contribution in [2.75, 3.05) is 5.75 Å². The summed E-state index contributed by atoms with van der Waals surface area (Å²) < 4.78 is 15.3. The topological polar surface area (TPSA) is 72.2 Å². The van der Waals surface area contributed by atoms with Crippen LogP contribution in [0.5, 0.6) is 0 Å². The lowest BCUT2D eigenvalue weighted by molar-refractivity contribution is -0.118. The zero-order valence-electron chi connectivity index (χ0n) is 14.3. The molecule has 1 N–H and O–H groups in total. The number of hydrogen-bond acceptors (Lipinski definition) is 5. The highest BCUT2D eigenvalue weighted by atomic mass is 35.5. The first-order valence-electron chi connectivity index (χ1n) is 7.89. The van der Waals surface area contributed by atoms with E-state index in [1.165, 1.54) is 24.0 Å². The number of nitrogens with zero attached hydrogens (tertiary/aromatic N) is 4. The Morgan fingerprint density at radius 1 is 1.26 bits per heavy atom. The molecule has 0 aliphatic rings. The van der Waals surface area contributed by atoms with Crippen molar-refractivity contribution in [1.82, 2.24) is 20.2 Å². The maximum Gasteiger partial charge on any atom is 0.250 e. The summed E-state index contributed by atoms with van der Waals surface area (Å²) in [5.41, 5.74) is 3.54. The van der Waals surface area contributed by atoms with Crippen LogP contribution in [0.25, 0.3) is 11.4 Å². The third-order valence-electron chi connectivity index (χ3n) is 3.57. The van der Waals surface area contributed by atoms with Crippen LogP contribution in [0.3, 0.4) is 0 Å². The molecule has 0 aliphatic carbocycles. The van der Waals surface area contributed by atoms with Crippen LogP contribution < -0.4 is 5.43 Å². The van der Waals surface area contributed by atoms with Gasteiger partial charge in [-0.3, -0.25) is 4.79 Å². The summed E-state index contributed by atoms with van der Waals surface area (Å²) in [5, 5.41) is 13.2. The monoisotopic (exact) mass is 403 g/mol. The number of halogens is 2. The van der Waals surface area contributed by atoms with Gasteiger partial charge in [-0.1, -0.05) is 41.6 Å². The zero-order chi connectivity index (χ0) is 19.2. The van der Waals surface area contributed by atoms with Gasteiger partial charge in [0.2, 0.25) is 0 Å². The molecule has 3 rings (SSSR count). The maximum atomic E-state index is 13.5. The van der Waals surface area contributed by atoms with E-state index in [4.69, 9.17) is 11.6 Å². The fourth-order valence-corrected chi connectivity index (χ4v) is 3.04. The van der Waals surface area contributed by atoms with Crippen LogP contribution in [0, 0.1) is 5.82 Å². The van der Waals surface area contributed by atoms with E-state index in [1.807, 2.05) is 19.2 Å². The number of aromatic nitrogens is 3. The number of thioether (sulfide) groups is 1. The van der Waals surface area contributed by atoms with E-state index in [1.54, 1.807) is 34.9 Å². The van der Waals surface area contributed by atoms with Crippen molar-refractivity contribution in [1.29, 1.82) is 0 Å². The molecule has 0 saturated carbocycles. The van der Waals surface area contributed by atoms with Crippen molar-refractivity contribution in [2.24, 2.45) is 12.1 Å². The molecule has 3 aromatic rings. The SMILES string of the molecule is Cn1c(SCC(=O)N/N=C/c2ccccc2F)nnc1-c1ccc(Cl)cc1. The molecule has 0 spiro atoms. The van der Waals surface area contributed by atoms with Gasteiger partial charge in [-0.2, -0.15) is 5.10 Å². The Morgan fingerprint density at radius 2 is 2.00 bits per heavy atom. The number of hydrazone groups is 1. The van der Waals surface area contributed by atoms with Gasteiger partial charge in [-0.15, -0.1) is 10.2 Å². The Morgan fingerprint density at radius 3 is 2.74 bits per heavy atom. The first-order chi connectivity index (χ1) is 13.0. The molecule has 0 unspecified atom stereocenters. The number of hydrogen-bond donors (Lipinski definition) is 1. The number of nitrogens with one attached hydrogen (secondary N) is 1. The van der Waals surface area contributed by atoms with E-state index >= 15 is 0 Å². The molecular weight excluding hydrogens is 389 g/mol. The average Bonchev–Trinajstić information content (AvgIpc) is 3.03. The van der Waals surface area contributed by atoms with Gasteiger partial charge >= 0.3 is 0 Å². The molecule has 0 saturated heterocycles. The van der Waals surface area contributed by atoms with Gasteiger partial charge in [0.05, 0.1) is 12.0 Å². The number of benzene rings is 2. The summed E-state index contributed by atoms with van der Waals surface area (Å²) >= 11 is 7.12. The van der Waals surface area contributed by atoms with Gasteiger partial charge in [-0.05, 0) is 30.3 Å². The van der Waals surface area contributed by atoms with Gasteiger partial charge in [0.15, 0.2) is 11.0 Å². The predicted octanol–water partition coefficient (Wildman–Crippen LogP) is 3.52. The highest BCUT2D eigenvalue weighted by Gasteiger charge is 2.12. The lowest BCUT2D eigenvalue weighted by atomic mass is 10.2. The van der Waals surface area contributed by atoms with Gasteiger partial charge in [0.25, 0.3) is 5.91 Å². The zero-order valence-corrected chi connectivity index (χ0v) is 15.8. The lowest BCUT2D eigenvalue weighted by Crippen LogP contribution is -2.20. The largest absolute Gasteiger partial charge is 0.305 e. The predicted molar refractivity (Wildman–Crippen MR) is 104 cm³/mol. The molecule has 6 nitrogen and oxygen atoms in total. The normalized spacial score (nSPS) is 11.1. The Balaban J connectivity index is 1.56. The molecule has 1 aromatic heterocycles. The van der Waals surface area contributed by atoms with E-state index in [2.05, 4.69) is 20.7 Å². The fourth-order valence-electron chi connectivity index (χ4n) is 2.21. The van der Waals surface area contributed by atoms with E-state index < -0.39 is 5.82 Å². The summed E-state index contributed by atoms with van der Waals surface area (Å²) in [5.74, 6) is 0.0377. The van der Waals surface area contributed by atoms with Crippen LogP contribution in [0.4, 0.5) is 4.39 Å². The van der Waals surface area contributed by atoms with E-state index in [0.717, 1.165) is 5.56 Å². The highest BCUT2D eigenvalue weighted by molar-refractivity contribution is 7.99. The number of rotatable bonds is 6. The van der Waals surface area contributed by atoms with Crippen molar-refractivity contribution in [3.63, 3.8) is 0 Å². The number of carbonyl (C=O) groups excluding carboxylic acids is 1. The second kappa shape index (κ2) is 8.79. The molecule has 27 heavy (non-hydrogen) atoms. The highest BCUT2D eigenvalue weighted by Crippen LogP contribution is 2.23. The number of carbonyl (C=O) groups is 1. The Bertz CT molecular complexity index is 974. The minimum Gasteiger partial charge on any atom is -0.305 e. The van der Waals surface area contributed by atoms with Crippen molar-refractivity contribution in [3.8, 4) is 11.4 Å². The molecule has 1 heterocycles. The van der Waals surface area contributed by atoms with Crippen LogP contribution in [-0.4, -0.2) is 32.6 Å². The molecule has 2 aromatic carbocycles. The van der Waals surface area contributed by atoms with Crippen LogP contribution >= 0.6 is 23.4 Å². The van der Waals surface area contributed by atoms with Gasteiger partial charge in [0.1, 0.15) is 5.82 Å². The van der Waals surface area contributed by atoms with Crippen LogP contribution in [0.15, 0.2) is 58.8 Å². The minimum atomic E-state index is -0.404. The molecule has 9 heteroatoms. The number of amides is 1. The first-order valence-corrected chi connectivity index (χ1v) is 9.25. The van der Waals surface area contributed by atoms with Crippen molar-refractivity contribution >= 4 is 35.5 Å². The smallest absolute Gasteiger partial charge is 0.250 e. The van der Waals surface area contributed by atoms with Crippen LogP contribution in [0.1, 0.15) is 5.56 Å². The Labute approximate surface area is 164 Å². The van der Waals surface area contributed by atoms with Crippen molar-refractivity contribution < 1.29 is 9.18 Å². The fraction of sp³-hybridized carbons (Fsp3) is 0.111. The molecule has 138 valence electrons. The summed E-state index contributed by atoms with van der Waals surface area (Å²) in [6, 6.07) is 13.4. The second-order valence-corrected chi connectivity index (χ2v) is 6.85. The van der Waals surface area contributed by atoms with E-state index in [-0.39, 0.29) is 11.7 Å².